The molecule has 156 valence electrons. The summed E-state index contributed by atoms with van der Waals surface area (Å²) in [5, 5.41) is 11.9. The zero-order valence-corrected chi connectivity index (χ0v) is 18.4. The molecular weight excluding hydrogens is 418 g/mol. The topological polar surface area (TPSA) is 83.0 Å². The highest BCUT2D eigenvalue weighted by Crippen LogP contribution is 2.43. The second-order valence-electron chi connectivity index (χ2n) is 7.28. The van der Waals surface area contributed by atoms with E-state index >= 15 is 0 Å². The van der Waals surface area contributed by atoms with E-state index in [0.29, 0.717) is 17.1 Å². The molecule has 3 aromatic rings. The van der Waals surface area contributed by atoms with Crippen molar-refractivity contribution in [2.75, 3.05) is 4.90 Å². The van der Waals surface area contributed by atoms with Crippen molar-refractivity contribution in [1.29, 1.82) is 0 Å². The number of aryl methyl sites for hydroxylation is 1. The SMILES string of the molecule is CCn1c(CNC(=O)C2CC(=O)N(c3ccc(C)cc3)C2c2cccs2)n[nH]c1=S. The predicted molar refractivity (Wildman–Crippen MR) is 119 cm³/mol. The molecule has 0 radical (unpaired) electrons. The van der Waals surface area contributed by atoms with Crippen LogP contribution in [-0.2, 0) is 22.7 Å². The van der Waals surface area contributed by atoms with E-state index in [9.17, 15) is 9.59 Å². The minimum absolute atomic E-state index is 0.0476. The van der Waals surface area contributed by atoms with Gasteiger partial charge in [0.15, 0.2) is 10.6 Å². The van der Waals surface area contributed by atoms with E-state index in [0.717, 1.165) is 16.1 Å². The van der Waals surface area contributed by atoms with Crippen LogP contribution >= 0.6 is 23.6 Å². The number of amides is 2. The van der Waals surface area contributed by atoms with Crippen LogP contribution in [0.1, 0.15) is 35.7 Å². The highest BCUT2D eigenvalue weighted by atomic mass is 32.1. The molecule has 0 bridgehead atoms. The second-order valence-corrected chi connectivity index (χ2v) is 8.64. The van der Waals surface area contributed by atoms with Crippen molar-refractivity contribution < 1.29 is 9.59 Å². The number of hydrogen-bond acceptors (Lipinski definition) is 5. The van der Waals surface area contributed by atoms with E-state index in [1.807, 2.05) is 60.2 Å². The van der Waals surface area contributed by atoms with Crippen LogP contribution in [0, 0.1) is 17.6 Å². The third-order valence-electron chi connectivity index (χ3n) is 5.38. The Morgan fingerprint density at radius 2 is 2.10 bits per heavy atom. The number of H-pyrrole nitrogens is 1. The number of anilines is 1. The Labute approximate surface area is 183 Å². The smallest absolute Gasteiger partial charge is 0.228 e. The molecule has 1 saturated heterocycles. The molecule has 2 aromatic heterocycles. The molecule has 0 spiro atoms. The Kier molecular flexibility index (Phi) is 5.83. The molecule has 3 heterocycles. The van der Waals surface area contributed by atoms with Crippen molar-refractivity contribution in [2.45, 2.75) is 39.4 Å². The van der Waals surface area contributed by atoms with Crippen LogP contribution in [-0.4, -0.2) is 26.6 Å². The van der Waals surface area contributed by atoms with E-state index in [1.54, 1.807) is 16.2 Å². The van der Waals surface area contributed by atoms with E-state index in [-0.39, 0.29) is 30.8 Å². The highest BCUT2D eigenvalue weighted by molar-refractivity contribution is 7.71. The molecule has 30 heavy (non-hydrogen) atoms. The van der Waals surface area contributed by atoms with Crippen molar-refractivity contribution in [2.24, 2.45) is 5.92 Å². The normalized spacial score (nSPS) is 18.7. The first-order valence-electron chi connectivity index (χ1n) is 9.83. The highest BCUT2D eigenvalue weighted by Gasteiger charge is 2.45. The van der Waals surface area contributed by atoms with Gasteiger partial charge in [-0.05, 0) is 49.6 Å². The van der Waals surface area contributed by atoms with E-state index in [1.165, 1.54) is 0 Å². The minimum Gasteiger partial charge on any atom is -0.348 e. The summed E-state index contributed by atoms with van der Waals surface area (Å²) < 4.78 is 2.37. The molecule has 9 heteroatoms. The zero-order valence-electron chi connectivity index (χ0n) is 16.8. The minimum atomic E-state index is -0.477. The fourth-order valence-electron chi connectivity index (χ4n) is 3.87. The fraction of sp³-hybridized carbons (Fsp3) is 0.333. The second kappa shape index (κ2) is 8.53. The van der Waals surface area contributed by atoms with E-state index in [2.05, 4.69) is 15.5 Å². The number of thiophene rings is 1. The van der Waals surface area contributed by atoms with Gasteiger partial charge in [-0.3, -0.25) is 14.7 Å². The van der Waals surface area contributed by atoms with Crippen LogP contribution in [0.5, 0.6) is 0 Å². The largest absolute Gasteiger partial charge is 0.348 e. The Bertz CT molecular complexity index is 1100. The molecule has 4 rings (SSSR count). The van der Waals surface area contributed by atoms with E-state index in [4.69, 9.17) is 12.2 Å². The van der Waals surface area contributed by atoms with Crippen molar-refractivity contribution in [3.05, 3.63) is 62.8 Å². The lowest BCUT2D eigenvalue weighted by Gasteiger charge is -2.27. The number of rotatable bonds is 6. The lowest BCUT2D eigenvalue weighted by molar-refractivity contribution is -0.127. The lowest BCUT2D eigenvalue weighted by Crippen LogP contribution is -2.35. The summed E-state index contributed by atoms with van der Waals surface area (Å²) in [5.41, 5.74) is 1.93. The summed E-state index contributed by atoms with van der Waals surface area (Å²) in [6.45, 7) is 4.90. The summed E-state index contributed by atoms with van der Waals surface area (Å²) in [6.07, 6.45) is 0.170. The first kappa shape index (κ1) is 20.5. The first-order chi connectivity index (χ1) is 14.5. The quantitative estimate of drug-likeness (QED) is 0.571. The molecule has 0 saturated carbocycles. The Morgan fingerprint density at radius 3 is 2.77 bits per heavy atom. The number of aromatic nitrogens is 3. The molecule has 1 fully saturated rings. The predicted octanol–water partition coefficient (Wildman–Crippen LogP) is 3.74. The van der Waals surface area contributed by atoms with Gasteiger partial charge in [0.05, 0.1) is 18.5 Å². The lowest BCUT2D eigenvalue weighted by atomic mass is 9.97. The molecule has 1 aliphatic heterocycles. The standard InChI is InChI=1S/C21H23N5O2S2/c1-3-25-17(23-24-21(25)29)12-22-20(28)15-11-18(27)26(14-8-6-13(2)7-9-14)19(15)16-5-4-10-30-16/h4-10,15,19H,3,11-12H2,1-2H3,(H,22,28)(H,24,29). The van der Waals surface area contributed by atoms with Gasteiger partial charge in [0.25, 0.3) is 0 Å². The number of hydrogen-bond donors (Lipinski definition) is 2. The third-order valence-corrected chi connectivity index (χ3v) is 6.64. The van der Waals surface area contributed by atoms with E-state index < -0.39 is 5.92 Å². The monoisotopic (exact) mass is 441 g/mol. The van der Waals surface area contributed by atoms with Gasteiger partial charge in [0, 0.05) is 23.5 Å². The number of benzene rings is 1. The maximum atomic E-state index is 13.1. The Balaban J connectivity index is 1.60. The summed E-state index contributed by atoms with van der Waals surface area (Å²) in [6, 6.07) is 11.4. The summed E-state index contributed by atoms with van der Waals surface area (Å²) in [5.74, 6) is -0.0146. The van der Waals surface area contributed by atoms with Crippen LogP contribution < -0.4 is 10.2 Å². The maximum absolute atomic E-state index is 13.1. The number of nitrogens with one attached hydrogen (secondary N) is 2. The average molecular weight is 442 g/mol. The molecule has 2 unspecified atom stereocenters. The molecule has 1 aromatic carbocycles. The van der Waals surface area contributed by atoms with Crippen molar-refractivity contribution in [1.82, 2.24) is 20.1 Å². The summed E-state index contributed by atoms with van der Waals surface area (Å²) in [4.78, 5) is 28.9. The van der Waals surface area contributed by atoms with Crippen LogP contribution in [0.15, 0.2) is 41.8 Å². The number of aromatic amines is 1. The van der Waals surface area contributed by atoms with Gasteiger partial charge in [-0.2, -0.15) is 5.10 Å². The number of carbonyl (C=O) groups excluding carboxylic acids is 2. The first-order valence-corrected chi connectivity index (χ1v) is 11.1. The zero-order chi connectivity index (χ0) is 21.3. The van der Waals surface area contributed by atoms with Crippen LogP contribution in [0.25, 0.3) is 0 Å². The molecule has 2 N–H and O–H groups in total. The Hall–Kier alpha value is -2.78. The molecule has 1 aliphatic rings. The molecular formula is C21H23N5O2S2. The van der Waals surface area contributed by atoms with Crippen molar-refractivity contribution >= 4 is 41.1 Å². The van der Waals surface area contributed by atoms with Gasteiger partial charge in [0.1, 0.15) is 0 Å². The van der Waals surface area contributed by atoms with Gasteiger partial charge >= 0.3 is 0 Å². The molecule has 7 nitrogen and oxygen atoms in total. The van der Waals surface area contributed by atoms with Gasteiger partial charge in [0.2, 0.25) is 11.8 Å². The van der Waals surface area contributed by atoms with Gasteiger partial charge < -0.3 is 14.8 Å². The van der Waals surface area contributed by atoms with Gasteiger partial charge in [-0.15, -0.1) is 11.3 Å². The maximum Gasteiger partial charge on any atom is 0.228 e. The third kappa shape index (κ3) is 3.82. The van der Waals surface area contributed by atoms with Crippen molar-refractivity contribution in [3.8, 4) is 0 Å². The molecule has 2 amide bonds. The molecule has 0 aliphatic carbocycles. The summed E-state index contributed by atoms with van der Waals surface area (Å²) >= 11 is 6.77. The summed E-state index contributed by atoms with van der Waals surface area (Å²) in [7, 11) is 0. The van der Waals surface area contributed by atoms with Gasteiger partial charge in [-0.25, -0.2) is 0 Å². The van der Waals surface area contributed by atoms with Crippen LogP contribution in [0.2, 0.25) is 0 Å². The van der Waals surface area contributed by atoms with Gasteiger partial charge in [-0.1, -0.05) is 23.8 Å². The molecule has 2 atom stereocenters. The fourth-order valence-corrected chi connectivity index (χ4v) is 5.03. The van der Waals surface area contributed by atoms with Crippen LogP contribution in [0.3, 0.4) is 0 Å². The van der Waals surface area contributed by atoms with Crippen LogP contribution in [0.4, 0.5) is 5.69 Å². The Morgan fingerprint density at radius 1 is 1.33 bits per heavy atom. The number of carbonyl (C=O) groups is 2. The van der Waals surface area contributed by atoms with Crippen molar-refractivity contribution in [3.63, 3.8) is 0 Å². The number of nitrogens with zero attached hydrogens (tertiary/aromatic N) is 3. The average Bonchev–Trinajstić information content (AvgIpc) is 3.45.